The largest absolute Gasteiger partial charge is 0.416 e. The van der Waals surface area contributed by atoms with Crippen LogP contribution < -0.4 is 21.7 Å². The topological polar surface area (TPSA) is 123 Å². The highest BCUT2D eigenvalue weighted by molar-refractivity contribution is 6.05. The van der Waals surface area contributed by atoms with Gasteiger partial charge in [0.05, 0.1) is 10.9 Å². The Morgan fingerprint density at radius 1 is 1.17 bits per heavy atom. The number of anilines is 4. The van der Waals surface area contributed by atoms with Gasteiger partial charge in [0, 0.05) is 43.3 Å². The highest BCUT2D eigenvalue weighted by Gasteiger charge is 2.30. The lowest BCUT2D eigenvalue weighted by atomic mass is 10.1. The maximum atomic E-state index is 13.0. The van der Waals surface area contributed by atoms with Crippen LogP contribution in [-0.4, -0.2) is 38.7 Å². The summed E-state index contributed by atoms with van der Waals surface area (Å²) in [6, 6.07) is 9.42. The molecule has 4 rings (SSSR count). The van der Waals surface area contributed by atoms with Gasteiger partial charge in [-0.05, 0) is 42.8 Å². The number of benzene rings is 2. The number of fused-ring (bicyclic) bond motifs is 1. The third-order valence-electron chi connectivity index (χ3n) is 5.21. The Morgan fingerprint density at radius 2 is 1.97 bits per heavy atom. The van der Waals surface area contributed by atoms with Crippen molar-refractivity contribution in [3.05, 3.63) is 65.4 Å². The van der Waals surface area contributed by atoms with Gasteiger partial charge in [0.1, 0.15) is 0 Å². The fourth-order valence-electron chi connectivity index (χ4n) is 3.40. The molecule has 4 aromatic rings. The van der Waals surface area contributed by atoms with Crippen molar-refractivity contribution in [3.63, 3.8) is 0 Å². The van der Waals surface area contributed by atoms with E-state index < -0.39 is 17.6 Å². The zero-order valence-electron chi connectivity index (χ0n) is 18.9. The molecule has 35 heavy (non-hydrogen) atoms. The summed E-state index contributed by atoms with van der Waals surface area (Å²) < 4.78 is 40.5. The van der Waals surface area contributed by atoms with Crippen molar-refractivity contribution in [2.24, 2.45) is 12.8 Å². The maximum absolute atomic E-state index is 13.0. The summed E-state index contributed by atoms with van der Waals surface area (Å²) in [7, 11) is 1.75. The van der Waals surface area contributed by atoms with Gasteiger partial charge in [-0.25, -0.2) is 9.67 Å². The van der Waals surface area contributed by atoms with E-state index in [9.17, 15) is 18.0 Å². The number of nitrogens with one attached hydrogen (secondary N) is 3. The standard InChI is InChI=1S/C23H23F3N8O/c1-13-6-7-14(21(35)30-16-5-3-4-15(11-16)23(24,25)26)10-18(13)31-19-17-12-29-22(28-9-8-27)32-20(17)34(2)33-19/h3-7,10-12H,8-9,27H2,1-2H3,(H,30,35)(H,31,33)(H,28,29,32). The molecule has 12 heteroatoms. The minimum atomic E-state index is -4.50. The number of carbonyl (C=O) groups is 1. The predicted octanol–water partition coefficient (Wildman–Crippen LogP) is 4.06. The van der Waals surface area contributed by atoms with Crippen molar-refractivity contribution in [1.29, 1.82) is 0 Å². The van der Waals surface area contributed by atoms with Crippen molar-refractivity contribution in [3.8, 4) is 0 Å². The first-order valence-corrected chi connectivity index (χ1v) is 10.7. The third-order valence-corrected chi connectivity index (χ3v) is 5.21. The molecule has 0 aliphatic rings. The lowest BCUT2D eigenvalue weighted by Gasteiger charge is -2.12. The zero-order valence-corrected chi connectivity index (χ0v) is 18.9. The van der Waals surface area contributed by atoms with Crippen LogP contribution in [0.4, 0.5) is 36.3 Å². The van der Waals surface area contributed by atoms with Crippen LogP contribution in [0.5, 0.6) is 0 Å². The van der Waals surface area contributed by atoms with Gasteiger partial charge >= 0.3 is 6.18 Å². The minimum absolute atomic E-state index is 0.0480. The van der Waals surface area contributed by atoms with E-state index in [1.54, 1.807) is 36.1 Å². The number of rotatable bonds is 7. The van der Waals surface area contributed by atoms with Gasteiger partial charge in [-0.15, -0.1) is 0 Å². The second-order valence-corrected chi connectivity index (χ2v) is 7.81. The average molecular weight is 484 g/mol. The summed E-state index contributed by atoms with van der Waals surface area (Å²) in [6.45, 7) is 2.83. The Kier molecular flexibility index (Phi) is 6.56. The quantitative estimate of drug-likeness (QED) is 0.312. The normalized spacial score (nSPS) is 11.5. The Hall–Kier alpha value is -4.19. The number of aromatic nitrogens is 4. The predicted molar refractivity (Wildman–Crippen MR) is 128 cm³/mol. The number of hydrogen-bond donors (Lipinski definition) is 4. The number of carbonyl (C=O) groups excluding carboxylic acids is 1. The third kappa shape index (κ3) is 5.32. The molecule has 9 nitrogen and oxygen atoms in total. The van der Waals surface area contributed by atoms with Crippen molar-refractivity contribution >= 4 is 40.1 Å². The molecule has 0 spiro atoms. The molecule has 2 aromatic carbocycles. The summed E-state index contributed by atoms with van der Waals surface area (Å²) in [6.07, 6.45) is -2.87. The fraction of sp³-hybridized carbons (Fsp3) is 0.217. The summed E-state index contributed by atoms with van der Waals surface area (Å²) >= 11 is 0. The van der Waals surface area contributed by atoms with Crippen LogP contribution >= 0.6 is 0 Å². The van der Waals surface area contributed by atoms with E-state index in [2.05, 4.69) is 31.0 Å². The van der Waals surface area contributed by atoms with Crippen molar-refractivity contribution < 1.29 is 18.0 Å². The summed E-state index contributed by atoms with van der Waals surface area (Å²) in [5.41, 5.74) is 7.01. The van der Waals surface area contributed by atoms with Crippen LogP contribution in [-0.2, 0) is 13.2 Å². The molecular formula is C23H23F3N8O. The maximum Gasteiger partial charge on any atom is 0.416 e. The first kappa shape index (κ1) is 24.0. The summed E-state index contributed by atoms with van der Waals surface area (Å²) in [5, 5.41) is 13.9. The highest BCUT2D eigenvalue weighted by Crippen LogP contribution is 2.31. The molecule has 0 atom stereocenters. The van der Waals surface area contributed by atoms with E-state index in [4.69, 9.17) is 5.73 Å². The lowest BCUT2D eigenvalue weighted by molar-refractivity contribution is -0.137. The molecule has 5 N–H and O–H groups in total. The van der Waals surface area contributed by atoms with Gasteiger partial charge in [0.2, 0.25) is 5.95 Å². The van der Waals surface area contributed by atoms with Crippen molar-refractivity contribution in [1.82, 2.24) is 19.7 Å². The summed E-state index contributed by atoms with van der Waals surface area (Å²) in [4.78, 5) is 21.5. The molecule has 0 unspecified atom stereocenters. The molecule has 0 aliphatic heterocycles. The number of aryl methyl sites for hydroxylation is 2. The molecule has 182 valence electrons. The van der Waals surface area contributed by atoms with Crippen LogP contribution in [0.25, 0.3) is 11.0 Å². The molecule has 0 aliphatic carbocycles. The van der Waals surface area contributed by atoms with Crippen LogP contribution in [0, 0.1) is 6.92 Å². The SMILES string of the molecule is Cc1ccc(C(=O)Nc2cccc(C(F)(F)F)c2)cc1Nc1nn(C)c2nc(NCCN)ncc12. The minimum Gasteiger partial charge on any atom is -0.353 e. The van der Waals surface area contributed by atoms with E-state index >= 15 is 0 Å². The Balaban J connectivity index is 1.57. The molecule has 1 amide bonds. The summed E-state index contributed by atoms with van der Waals surface area (Å²) in [5.74, 6) is 0.380. The molecule has 0 saturated heterocycles. The van der Waals surface area contributed by atoms with Gasteiger partial charge in [-0.1, -0.05) is 12.1 Å². The molecule has 2 heterocycles. The number of nitrogens with two attached hydrogens (primary N) is 1. The van der Waals surface area contributed by atoms with Gasteiger partial charge in [0.15, 0.2) is 11.5 Å². The second-order valence-electron chi connectivity index (χ2n) is 7.81. The Morgan fingerprint density at radius 3 is 2.71 bits per heavy atom. The zero-order chi connectivity index (χ0) is 25.2. The first-order chi connectivity index (χ1) is 16.7. The molecule has 2 aromatic heterocycles. The second kappa shape index (κ2) is 9.58. The number of hydrogen-bond acceptors (Lipinski definition) is 7. The van der Waals surface area contributed by atoms with Gasteiger partial charge in [-0.2, -0.15) is 23.3 Å². The number of amides is 1. The van der Waals surface area contributed by atoms with Crippen molar-refractivity contribution in [2.75, 3.05) is 29.0 Å². The van der Waals surface area contributed by atoms with Crippen molar-refractivity contribution in [2.45, 2.75) is 13.1 Å². The van der Waals surface area contributed by atoms with Crippen LogP contribution in [0.15, 0.2) is 48.7 Å². The molecular weight excluding hydrogens is 461 g/mol. The smallest absolute Gasteiger partial charge is 0.353 e. The van der Waals surface area contributed by atoms with Gasteiger partial charge in [-0.3, -0.25) is 4.79 Å². The van der Waals surface area contributed by atoms with E-state index in [1.165, 1.54) is 12.1 Å². The van der Waals surface area contributed by atoms with E-state index in [1.807, 2.05) is 6.92 Å². The van der Waals surface area contributed by atoms with Crippen LogP contribution in [0.1, 0.15) is 21.5 Å². The van der Waals surface area contributed by atoms with E-state index in [0.717, 1.165) is 17.7 Å². The number of halogens is 3. The van der Waals surface area contributed by atoms with E-state index in [-0.39, 0.29) is 11.3 Å². The lowest BCUT2D eigenvalue weighted by Crippen LogP contribution is -2.14. The highest BCUT2D eigenvalue weighted by atomic mass is 19.4. The number of alkyl halides is 3. The Bertz CT molecular complexity index is 1380. The first-order valence-electron chi connectivity index (χ1n) is 10.7. The Labute approximate surface area is 198 Å². The molecule has 0 bridgehead atoms. The molecule has 0 radical (unpaired) electrons. The van der Waals surface area contributed by atoms with Gasteiger partial charge in [0.25, 0.3) is 5.91 Å². The molecule has 0 saturated carbocycles. The fourth-order valence-corrected chi connectivity index (χ4v) is 3.40. The molecule has 0 fully saturated rings. The number of nitrogens with zero attached hydrogens (tertiary/aromatic N) is 4. The van der Waals surface area contributed by atoms with Crippen LogP contribution in [0.2, 0.25) is 0 Å². The monoisotopic (exact) mass is 484 g/mol. The van der Waals surface area contributed by atoms with Crippen LogP contribution in [0.3, 0.4) is 0 Å². The average Bonchev–Trinajstić information content (AvgIpc) is 3.13. The van der Waals surface area contributed by atoms with E-state index in [0.29, 0.717) is 41.6 Å². The van der Waals surface area contributed by atoms with Gasteiger partial charge < -0.3 is 21.7 Å².